The van der Waals surface area contributed by atoms with E-state index in [1.54, 1.807) is 16.1 Å². The Bertz CT molecular complexity index is 1190. The van der Waals surface area contributed by atoms with E-state index in [2.05, 4.69) is 4.98 Å². The van der Waals surface area contributed by atoms with Crippen molar-refractivity contribution in [1.82, 2.24) is 14.6 Å². The Labute approximate surface area is 196 Å². The van der Waals surface area contributed by atoms with Crippen LogP contribution in [0, 0.1) is 23.2 Å². The summed E-state index contributed by atoms with van der Waals surface area (Å²) in [5.74, 6) is -0.492. The van der Waals surface area contributed by atoms with Crippen LogP contribution in [-0.4, -0.2) is 49.9 Å². The third kappa shape index (κ3) is 3.36. The SMILES string of the molecule is O=C(O)c1cn2c(c(O)c1=O)C(=O)N(CC13CC4CC(CC(C4)C1)C3)CN2Cc1ccccn1. The number of carboxylic acids is 1. The monoisotopic (exact) mass is 464 g/mol. The number of aromatic carboxylic acids is 1. The Kier molecular flexibility index (Phi) is 4.72. The van der Waals surface area contributed by atoms with E-state index < -0.39 is 28.6 Å². The van der Waals surface area contributed by atoms with Crippen molar-refractivity contribution in [3.63, 3.8) is 0 Å². The molecule has 1 amide bonds. The third-order valence-corrected chi connectivity index (χ3v) is 8.29. The maximum atomic E-state index is 13.6. The fourth-order valence-corrected chi connectivity index (χ4v) is 7.46. The molecule has 4 saturated carbocycles. The molecule has 9 nitrogen and oxygen atoms in total. The molecule has 3 heterocycles. The number of pyridine rings is 2. The van der Waals surface area contributed by atoms with E-state index in [1.165, 1.54) is 23.9 Å². The maximum absolute atomic E-state index is 13.6. The molecular weight excluding hydrogens is 436 g/mol. The first-order valence-electron chi connectivity index (χ1n) is 12.0. The van der Waals surface area contributed by atoms with Crippen LogP contribution in [0.2, 0.25) is 0 Å². The van der Waals surface area contributed by atoms with Gasteiger partial charge in [-0.15, -0.1) is 0 Å². The van der Waals surface area contributed by atoms with Crippen molar-refractivity contribution in [2.45, 2.75) is 45.1 Å². The van der Waals surface area contributed by atoms with Gasteiger partial charge in [0.15, 0.2) is 11.4 Å². The first-order chi connectivity index (χ1) is 16.3. The minimum atomic E-state index is -1.45. The number of aromatic nitrogens is 2. The summed E-state index contributed by atoms with van der Waals surface area (Å²) >= 11 is 0. The van der Waals surface area contributed by atoms with Crippen molar-refractivity contribution in [3.8, 4) is 5.75 Å². The van der Waals surface area contributed by atoms with Crippen LogP contribution in [0.3, 0.4) is 0 Å². The summed E-state index contributed by atoms with van der Waals surface area (Å²) in [5, 5.41) is 21.9. The second-order valence-corrected chi connectivity index (χ2v) is 10.8. The van der Waals surface area contributed by atoms with Crippen molar-refractivity contribution in [2.24, 2.45) is 23.2 Å². The highest BCUT2D eigenvalue weighted by Crippen LogP contribution is 2.60. The molecule has 9 heteroatoms. The Hall–Kier alpha value is -3.36. The van der Waals surface area contributed by atoms with Crippen molar-refractivity contribution in [3.05, 3.63) is 57.8 Å². The third-order valence-electron chi connectivity index (χ3n) is 8.29. The maximum Gasteiger partial charge on any atom is 0.341 e. The predicted molar refractivity (Wildman–Crippen MR) is 122 cm³/mol. The quantitative estimate of drug-likeness (QED) is 0.698. The van der Waals surface area contributed by atoms with Crippen molar-refractivity contribution in [1.29, 1.82) is 0 Å². The van der Waals surface area contributed by atoms with Gasteiger partial charge in [-0.2, -0.15) is 0 Å². The lowest BCUT2D eigenvalue weighted by atomic mass is 9.49. The summed E-state index contributed by atoms with van der Waals surface area (Å²) in [5.41, 5.74) is -0.981. The zero-order valence-electron chi connectivity index (χ0n) is 18.9. The Morgan fingerprint density at radius 3 is 2.35 bits per heavy atom. The number of carboxylic acid groups (broad SMARTS) is 1. The van der Waals surface area contributed by atoms with Crippen LogP contribution in [-0.2, 0) is 6.54 Å². The molecule has 0 radical (unpaired) electrons. The molecule has 0 aromatic carbocycles. The molecule has 5 aliphatic rings. The van der Waals surface area contributed by atoms with E-state index in [4.69, 9.17) is 0 Å². The zero-order chi connectivity index (χ0) is 23.6. The van der Waals surface area contributed by atoms with Gasteiger partial charge in [-0.3, -0.25) is 24.3 Å². The van der Waals surface area contributed by atoms with E-state index >= 15 is 0 Å². The van der Waals surface area contributed by atoms with Crippen LogP contribution in [0.4, 0.5) is 0 Å². The van der Waals surface area contributed by atoms with Crippen LogP contribution in [0.5, 0.6) is 5.75 Å². The molecule has 178 valence electrons. The molecule has 34 heavy (non-hydrogen) atoms. The van der Waals surface area contributed by atoms with Crippen LogP contribution < -0.4 is 10.4 Å². The highest BCUT2D eigenvalue weighted by molar-refractivity contribution is 5.97. The Morgan fingerprint density at radius 1 is 1.09 bits per heavy atom. The number of hydrogen-bond acceptors (Lipinski definition) is 6. The fourth-order valence-electron chi connectivity index (χ4n) is 7.46. The highest BCUT2D eigenvalue weighted by atomic mass is 16.4. The fraction of sp³-hybridized carbons (Fsp3) is 0.520. The topological polar surface area (TPSA) is 116 Å². The van der Waals surface area contributed by atoms with Gasteiger partial charge in [-0.05, 0) is 73.8 Å². The number of amides is 1. The summed E-state index contributed by atoms with van der Waals surface area (Å²) < 4.78 is 1.33. The van der Waals surface area contributed by atoms with Crippen molar-refractivity contribution >= 4 is 11.9 Å². The van der Waals surface area contributed by atoms with Gasteiger partial charge in [-0.25, -0.2) is 4.79 Å². The van der Waals surface area contributed by atoms with E-state index in [0.29, 0.717) is 13.1 Å². The van der Waals surface area contributed by atoms with Crippen molar-refractivity contribution < 1.29 is 19.8 Å². The number of fused-ring (bicyclic) bond motifs is 1. The molecule has 0 spiro atoms. The van der Waals surface area contributed by atoms with E-state index in [1.807, 2.05) is 18.2 Å². The minimum Gasteiger partial charge on any atom is -0.502 e. The minimum absolute atomic E-state index is 0.0835. The summed E-state index contributed by atoms with van der Waals surface area (Å²) in [6, 6.07) is 5.51. The Morgan fingerprint density at radius 2 is 1.76 bits per heavy atom. The second kappa shape index (κ2) is 7.58. The summed E-state index contributed by atoms with van der Waals surface area (Å²) in [6.07, 6.45) is 10.1. The number of nitrogens with zero attached hydrogens (tertiary/aromatic N) is 4. The van der Waals surface area contributed by atoms with Crippen LogP contribution in [0.15, 0.2) is 35.4 Å². The Balaban J connectivity index is 1.39. The van der Waals surface area contributed by atoms with Gasteiger partial charge in [0.1, 0.15) is 12.2 Å². The summed E-state index contributed by atoms with van der Waals surface area (Å²) in [7, 11) is 0. The molecule has 0 saturated heterocycles. The first-order valence-corrected chi connectivity index (χ1v) is 12.0. The van der Waals surface area contributed by atoms with Crippen LogP contribution in [0.1, 0.15) is 65.1 Å². The first kappa shape index (κ1) is 21.2. The molecule has 4 aliphatic carbocycles. The van der Waals surface area contributed by atoms with Gasteiger partial charge in [0.2, 0.25) is 5.43 Å². The molecule has 1 aliphatic heterocycles. The number of carbonyl (C=O) groups excluding carboxylic acids is 1. The lowest BCUT2D eigenvalue weighted by Crippen LogP contribution is -2.58. The van der Waals surface area contributed by atoms with Gasteiger partial charge >= 0.3 is 5.97 Å². The highest BCUT2D eigenvalue weighted by Gasteiger charge is 2.52. The van der Waals surface area contributed by atoms with E-state index in [9.17, 15) is 24.6 Å². The molecule has 4 bridgehead atoms. The average molecular weight is 465 g/mol. The molecule has 2 aromatic rings. The lowest BCUT2D eigenvalue weighted by molar-refractivity contribution is -0.0667. The van der Waals surface area contributed by atoms with Gasteiger partial charge in [0.05, 0.1) is 12.2 Å². The van der Waals surface area contributed by atoms with Crippen molar-refractivity contribution in [2.75, 3.05) is 18.2 Å². The van der Waals surface area contributed by atoms with Crippen LogP contribution >= 0.6 is 0 Å². The van der Waals surface area contributed by atoms with Gasteiger partial charge in [0.25, 0.3) is 5.91 Å². The number of carbonyl (C=O) groups is 2. The van der Waals surface area contributed by atoms with Gasteiger partial charge in [-0.1, -0.05) is 6.07 Å². The zero-order valence-corrected chi connectivity index (χ0v) is 18.9. The number of aromatic hydroxyl groups is 1. The van der Waals surface area contributed by atoms with Gasteiger partial charge in [0, 0.05) is 18.9 Å². The molecule has 0 atom stereocenters. The van der Waals surface area contributed by atoms with E-state index in [-0.39, 0.29) is 17.8 Å². The molecule has 4 fully saturated rings. The molecular formula is C25H28N4O5. The standard InChI is InChI=1S/C25H28N4O5/c30-21-19(24(33)34)12-29-20(22(21)31)23(32)27(14-28(29)11-18-3-1-2-4-26-18)13-25-8-15-5-16(9-25)7-17(6-15)10-25/h1-4,12,15-17,31H,5-11,13-14H2,(H,33,34). The lowest BCUT2D eigenvalue weighted by Gasteiger charge is -2.58. The molecule has 0 unspecified atom stereocenters. The normalized spacial score (nSPS) is 29.4. The molecule has 2 aromatic heterocycles. The smallest absolute Gasteiger partial charge is 0.341 e. The summed E-state index contributed by atoms with van der Waals surface area (Å²) in [6.45, 7) is 1.10. The molecule has 7 rings (SSSR count). The second-order valence-electron chi connectivity index (χ2n) is 10.8. The predicted octanol–water partition coefficient (Wildman–Crippen LogP) is 2.42. The molecule has 2 N–H and O–H groups in total. The van der Waals surface area contributed by atoms with E-state index in [0.717, 1.165) is 48.9 Å². The average Bonchev–Trinajstić information content (AvgIpc) is 2.78. The number of hydrogen-bond donors (Lipinski definition) is 2. The largest absolute Gasteiger partial charge is 0.502 e. The van der Waals surface area contributed by atoms with Gasteiger partial charge < -0.3 is 15.1 Å². The number of rotatable bonds is 5. The summed E-state index contributed by atoms with van der Waals surface area (Å²) in [4.78, 5) is 43.9. The van der Waals surface area contributed by atoms with Crippen LogP contribution in [0.25, 0.3) is 0 Å².